The van der Waals surface area contributed by atoms with Crippen LogP contribution in [0.4, 0.5) is 0 Å². The molecular formula is C13H11O. The molecule has 0 aromatic heterocycles. The van der Waals surface area contributed by atoms with E-state index in [0.29, 0.717) is 6.61 Å². The van der Waals surface area contributed by atoms with Gasteiger partial charge < -0.3 is 4.74 Å². The van der Waals surface area contributed by atoms with Crippen LogP contribution in [0.15, 0.2) is 54.6 Å². The van der Waals surface area contributed by atoms with Crippen molar-refractivity contribution in [2.75, 3.05) is 0 Å². The molecular weight excluding hydrogens is 172 g/mol. The molecule has 0 N–H and O–H groups in total. The lowest BCUT2D eigenvalue weighted by Gasteiger charge is -2.04. The van der Waals surface area contributed by atoms with Crippen molar-refractivity contribution in [3.05, 3.63) is 66.2 Å². The minimum Gasteiger partial charge on any atom is -0.489 e. The number of benzene rings is 2. The van der Waals surface area contributed by atoms with E-state index in [1.807, 2.05) is 54.6 Å². The Labute approximate surface area is 84.0 Å². The first kappa shape index (κ1) is 8.82. The van der Waals surface area contributed by atoms with E-state index in [4.69, 9.17) is 4.74 Å². The molecule has 0 aliphatic rings. The van der Waals surface area contributed by atoms with Gasteiger partial charge in [0.25, 0.3) is 0 Å². The highest BCUT2D eigenvalue weighted by Gasteiger charge is 1.92. The molecule has 0 unspecified atom stereocenters. The number of hydrogen-bond acceptors (Lipinski definition) is 1. The zero-order valence-corrected chi connectivity index (χ0v) is 7.81. The first-order valence-corrected chi connectivity index (χ1v) is 4.58. The van der Waals surface area contributed by atoms with E-state index >= 15 is 0 Å². The van der Waals surface area contributed by atoms with Crippen LogP contribution in [0, 0.1) is 6.07 Å². The predicted octanol–water partition coefficient (Wildman–Crippen LogP) is 3.07. The van der Waals surface area contributed by atoms with Crippen molar-refractivity contribution >= 4 is 0 Å². The van der Waals surface area contributed by atoms with Crippen LogP contribution in [0.3, 0.4) is 0 Å². The van der Waals surface area contributed by atoms with Crippen LogP contribution in [-0.2, 0) is 6.61 Å². The molecule has 14 heavy (non-hydrogen) atoms. The average molecular weight is 183 g/mol. The van der Waals surface area contributed by atoms with Crippen LogP contribution >= 0.6 is 0 Å². The molecule has 0 fully saturated rings. The van der Waals surface area contributed by atoms with Gasteiger partial charge in [-0.05, 0) is 23.8 Å². The smallest absolute Gasteiger partial charge is 0.120 e. The van der Waals surface area contributed by atoms with Gasteiger partial charge in [0, 0.05) is 0 Å². The van der Waals surface area contributed by atoms with Crippen molar-refractivity contribution in [2.45, 2.75) is 6.61 Å². The summed E-state index contributed by atoms with van der Waals surface area (Å²) in [6, 6.07) is 20.6. The van der Waals surface area contributed by atoms with Gasteiger partial charge in [-0.25, -0.2) is 0 Å². The lowest BCUT2D eigenvalue weighted by atomic mass is 10.2. The Morgan fingerprint density at radius 1 is 1.00 bits per heavy atom. The third kappa shape index (κ3) is 2.36. The van der Waals surface area contributed by atoms with Crippen molar-refractivity contribution in [3.8, 4) is 5.75 Å². The molecule has 0 saturated heterocycles. The summed E-state index contributed by atoms with van der Waals surface area (Å²) in [5, 5.41) is 0. The number of rotatable bonds is 3. The fourth-order valence-electron chi connectivity index (χ4n) is 1.21. The maximum absolute atomic E-state index is 5.56. The Balaban J connectivity index is 1.96. The van der Waals surface area contributed by atoms with Crippen molar-refractivity contribution in [3.63, 3.8) is 0 Å². The van der Waals surface area contributed by atoms with Gasteiger partial charge in [0.05, 0.1) is 0 Å². The van der Waals surface area contributed by atoms with Gasteiger partial charge in [0.2, 0.25) is 0 Å². The zero-order valence-electron chi connectivity index (χ0n) is 7.81. The van der Waals surface area contributed by atoms with E-state index in [2.05, 4.69) is 6.07 Å². The molecule has 1 heteroatoms. The van der Waals surface area contributed by atoms with Crippen LogP contribution < -0.4 is 4.74 Å². The van der Waals surface area contributed by atoms with Crippen molar-refractivity contribution in [1.29, 1.82) is 0 Å². The molecule has 0 spiro atoms. The maximum Gasteiger partial charge on any atom is 0.120 e. The lowest BCUT2D eigenvalue weighted by Crippen LogP contribution is -1.94. The molecule has 1 nitrogen and oxygen atoms in total. The summed E-state index contributed by atoms with van der Waals surface area (Å²) in [6.07, 6.45) is 0. The van der Waals surface area contributed by atoms with Crippen LogP contribution in [-0.4, -0.2) is 0 Å². The highest BCUT2D eigenvalue weighted by Crippen LogP contribution is 2.10. The largest absolute Gasteiger partial charge is 0.489 e. The summed E-state index contributed by atoms with van der Waals surface area (Å²) < 4.78 is 5.56. The Morgan fingerprint density at radius 2 is 1.86 bits per heavy atom. The van der Waals surface area contributed by atoms with Gasteiger partial charge in [-0.1, -0.05) is 42.5 Å². The zero-order chi connectivity index (χ0) is 9.64. The summed E-state index contributed by atoms with van der Waals surface area (Å²) >= 11 is 0. The normalized spacial score (nSPS) is 9.71. The molecule has 0 amide bonds. The third-order valence-corrected chi connectivity index (χ3v) is 1.93. The van der Waals surface area contributed by atoms with Crippen molar-refractivity contribution < 1.29 is 4.74 Å². The standard InChI is InChI=1S/C13H11O/c1-3-7-12(8-4-1)11-14-13-9-5-2-6-10-13/h1-5,7-10H,11H2. The molecule has 1 radical (unpaired) electrons. The predicted molar refractivity (Wildman–Crippen MR) is 56.1 cm³/mol. The molecule has 69 valence electrons. The van der Waals surface area contributed by atoms with E-state index in [9.17, 15) is 0 Å². The first-order valence-electron chi connectivity index (χ1n) is 4.58. The minimum atomic E-state index is 0.610. The summed E-state index contributed by atoms with van der Waals surface area (Å²) in [6.45, 7) is 0.610. The second-order valence-corrected chi connectivity index (χ2v) is 3.01. The van der Waals surface area contributed by atoms with Gasteiger partial charge in [-0.2, -0.15) is 0 Å². The van der Waals surface area contributed by atoms with Gasteiger partial charge in [-0.3, -0.25) is 0 Å². The molecule has 0 atom stereocenters. The molecule has 0 saturated carbocycles. The molecule has 2 rings (SSSR count). The Hall–Kier alpha value is -1.76. The molecule has 0 heterocycles. The van der Waals surface area contributed by atoms with Gasteiger partial charge in [0.1, 0.15) is 12.4 Å². The minimum absolute atomic E-state index is 0.610. The van der Waals surface area contributed by atoms with Crippen molar-refractivity contribution in [1.82, 2.24) is 0 Å². The molecule has 0 aliphatic heterocycles. The molecule has 0 aliphatic carbocycles. The van der Waals surface area contributed by atoms with Gasteiger partial charge in [0.15, 0.2) is 0 Å². The van der Waals surface area contributed by atoms with Gasteiger partial charge >= 0.3 is 0 Å². The summed E-state index contributed by atoms with van der Waals surface area (Å²) in [5.41, 5.74) is 1.18. The Kier molecular flexibility index (Phi) is 2.82. The van der Waals surface area contributed by atoms with Crippen LogP contribution in [0.25, 0.3) is 0 Å². The van der Waals surface area contributed by atoms with E-state index < -0.39 is 0 Å². The second kappa shape index (κ2) is 4.47. The molecule has 0 bridgehead atoms. The lowest BCUT2D eigenvalue weighted by molar-refractivity contribution is 0.306. The molecule has 2 aromatic rings. The maximum atomic E-state index is 5.56. The fraction of sp³-hybridized carbons (Fsp3) is 0.0769. The Morgan fingerprint density at radius 3 is 2.57 bits per heavy atom. The number of ether oxygens (including phenoxy) is 1. The van der Waals surface area contributed by atoms with Gasteiger partial charge in [-0.15, -0.1) is 0 Å². The SMILES string of the molecule is [c]1cccc(OCc2ccccc2)c1. The monoisotopic (exact) mass is 183 g/mol. The molecule has 2 aromatic carbocycles. The Bertz CT molecular complexity index is 327. The fourth-order valence-corrected chi connectivity index (χ4v) is 1.21. The van der Waals surface area contributed by atoms with E-state index in [1.165, 1.54) is 5.56 Å². The number of hydrogen-bond donors (Lipinski definition) is 0. The highest BCUT2D eigenvalue weighted by atomic mass is 16.5. The van der Waals surface area contributed by atoms with Crippen LogP contribution in [0.5, 0.6) is 5.75 Å². The quantitative estimate of drug-likeness (QED) is 0.710. The summed E-state index contributed by atoms with van der Waals surface area (Å²) in [4.78, 5) is 0. The summed E-state index contributed by atoms with van der Waals surface area (Å²) in [7, 11) is 0. The van der Waals surface area contributed by atoms with E-state index in [1.54, 1.807) is 0 Å². The van der Waals surface area contributed by atoms with E-state index in [0.717, 1.165) is 5.75 Å². The summed E-state index contributed by atoms with van der Waals surface area (Å²) in [5.74, 6) is 0.858. The third-order valence-electron chi connectivity index (χ3n) is 1.93. The highest BCUT2D eigenvalue weighted by molar-refractivity contribution is 5.21. The average Bonchev–Trinajstić information content (AvgIpc) is 2.29. The van der Waals surface area contributed by atoms with E-state index in [-0.39, 0.29) is 0 Å². The van der Waals surface area contributed by atoms with Crippen molar-refractivity contribution in [2.24, 2.45) is 0 Å². The first-order chi connectivity index (χ1) is 6.95. The second-order valence-electron chi connectivity index (χ2n) is 3.01. The van der Waals surface area contributed by atoms with Crippen LogP contribution in [0.1, 0.15) is 5.56 Å². The topological polar surface area (TPSA) is 9.23 Å². The van der Waals surface area contributed by atoms with Crippen LogP contribution in [0.2, 0.25) is 0 Å².